The Morgan fingerprint density at radius 3 is 1.07 bits per heavy atom. The van der Waals surface area contributed by atoms with E-state index in [2.05, 4.69) is 84.6 Å². The normalized spacial score (nSPS) is 11.9. The molecule has 0 aliphatic carbocycles. The van der Waals surface area contributed by atoms with Gasteiger partial charge in [-0.15, -0.1) is 0 Å². The van der Waals surface area contributed by atoms with Gasteiger partial charge in [0.2, 0.25) is 0 Å². The Hall–Kier alpha value is -0.710. The zero-order valence-electron chi connectivity index (χ0n) is 48.7. The lowest BCUT2D eigenvalue weighted by atomic mass is 9.88. The summed E-state index contributed by atoms with van der Waals surface area (Å²) >= 11 is 5.69. The maximum absolute atomic E-state index is 6.16. The van der Waals surface area contributed by atoms with Crippen LogP contribution in [-0.2, 0) is 9.47 Å². The molecule has 1 atom stereocenters. The highest BCUT2D eigenvalue weighted by Crippen LogP contribution is 2.27. The van der Waals surface area contributed by atoms with Gasteiger partial charge in [-0.3, -0.25) is 0 Å². The molecule has 0 amide bonds. The highest BCUT2D eigenvalue weighted by Gasteiger charge is 2.28. The average Bonchev–Trinajstić information content (AvgIpc) is 3.33. The van der Waals surface area contributed by atoms with Crippen molar-refractivity contribution in [3.05, 3.63) is 24.3 Å². The second-order valence-electron chi connectivity index (χ2n) is 20.1. The molecule has 0 fully saturated rings. The second kappa shape index (κ2) is 65.3. The van der Waals surface area contributed by atoms with E-state index in [1.165, 1.54) is 257 Å². The molecule has 0 aromatic heterocycles. The van der Waals surface area contributed by atoms with Crippen molar-refractivity contribution in [2.24, 2.45) is 5.41 Å². The van der Waals surface area contributed by atoms with Gasteiger partial charge in [-0.25, -0.2) is 0 Å². The fraction of sp³-hybridized carbons (Fsp3) is 0.921. The zero-order valence-corrected chi connectivity index (χ0v) is 49.5. The first-order valence-corrected chi connectivity index (χ1v) is 31.0. The number of hydrogen-bond donors (Lipinski definition) is 0. The summed E-state index contributed by atoms with van der Waals surface area (Å²) in [5.74, 6) is 0. The Morgan fingerprint density at radius 2 is 0.687 bits per heavy atom. The van der Waals surface area contributed by atoms with E-state index in [9.17, 15) is 0 Å². The predicted octanol–water partition coefficient (Wildman–Crippen LogP) is 22.5. The van der Waals surface area contributed by atoms with Crippen LogP contribution in [0.4, 0.5) is 0 Å². The summed E-state index contributed by atoms with van der Waals surface area (Å²) in [6.07, 6.45) is 62.0. The van der Waals surface area contributed by atoms with Gasteiger partial charge in [0.25, 0.3) is 0 Å². The van der Waals surface area contributed by atoms with Crippen molar-refractivity contribution in [3.63, 3.8) is 0 Å². The van der Waals surface area contributed by atoms with Crippen molar-refractivity contribution >= 4 is 17.3 Å². The molecule has 0 spiro atoms. The van der Waals surface area contributed by atoms with Gasteiger partial charge in [0.05, 0.1) is 12.7 Å². The van der Waals surface area contributed by atoms with Gasteiger partial charge in [-0.2, -0.15) is 0 Å². The Kier molecular flexibility index (Phi) is 71.0. The molecule has 0 saturated carbocycles. The first kappa shape index (κ1) is 72.8. The van der Waals surface area contributed by atoms with Crippen molar-refractivity contribution < 1.29 is 9.47 Å². The largest absolute Gasteiger partial charge is 0.486 e. The van der Waals surface area contributed by atoms with Gasteiger partial charge in [0.15, 0.2) is 5.05 Å². The Balaban J connectivity index is -0.000000785. The smallest absolute Gasteiger partial charge is 0.165 e. The van der Waals surface area contributed by atoms with Crippen molar-refractivity contribution in [1.82, 2.24) is 4.90 Å². The number of thiocarbonyl (C=S) groups is 1. The molecular weight excluding hydrogens is 835 g/mol. The zero-order chi connectivity index (χ0) is 50.6. The van der Waals surface area contributed by atoms with Gasteiger partial charge in [-0.1, -0.05) is 261 Å². The summed E-state index contributed by atoms with van der Waals surface area (Å²) in [6, 6.07) is 0. The molecule has 0 N–H and O–H groups in total. The van der Waals surface area contributed by atoms with E-state index in [1.54, 1.807) is 0 Å². The minimum Gasteiger partial charge on any atom is -0.486 e. The third-order valence-electron chi connectivity index (χ3n) is 12.8. The monoisotopic (exact) mass is 964 g/mol. The number of nitrogens with zero attached hydrogens (tertiary/aromatic N) is 1. The SMILES string of the molecule is CC.CC.CCCCCCCC/C=C\CCCCCCCCOC(=S)C(C)(C)CC(C)OCCCCCCCC/C=C\CCCCCCCC.CCCCCCCN(CCCC)CCCCC. The lowest BCUT2D eigenvalue weighted by Crippen LogP contribution is -2.30. The molecule has 3 nitrogen and oxygen atoms in total. The van der Waals surface area contributed by atoms with Crippen LogP contribution in [0.2, 0.25) is 0 Å². The molecule has 0 saturated heterocycles. The van der Waals surface area contributed by atoms with Crippen molar-refractivity contribution in [3.8, 4) is 0 Å². The van der Waals surface area contributed by atoms with Gasteiger partial charge in [0, 0.05) is 12.0 Å². The summed E-state index contributed by atoms with van der Waals surface area (Å²) in [7, 11) is 0. The van der Waals surface area contributed by atoms with Crippen LogP contribution in [0.25, 0.3) is 0 Å². The lowest BCUT2D eigenvalue weighted by Gasteiger charge is -2.28. The van der Waals surface area contributed by atoms with E-state index in [0.717, 1.165) is 31.1 Å². The summed E-state index contributed by atoms with van der Waals surface area (Å²) in [6.45, 7) is 31.7. The number of hydrogen-bond acceptors (Lipinski definition) is 4. The maximum atomic E-state index is 6.16. The molecule has 67 heavy (non-hydrogen) atoms. The van der Waals surface area contributed by atoms with E-state index in [0.29, 0.717) is 0 Å². The van der Waals surface area contributed by atoms with Crippen LogP contribution in [0.5, 0.6) is 0 Å². The average molecular weight is 965 g/mol. The molecule has 0 aliphatic heterocycles. The van der Waals surface area contributed by atoms with Crippen LogP contribution in [0.1, 0.15) is 333 Å². The molecule has 0 bridgehead atoms. The second-order valence-corrected chi connectivity index (χ2v) is 20.5. The molecular formula is C63H129NO2S. The van der Waals surface area contributed by atoms with E-state index < -0.39 is 0 Å². The van der Waals surface area contributed by atoms with E-state index in [4.69, 9.17) is 21.7 Å². The van der Waals surface area contributed by atoms with Crippen LogP contribution >= 0.6 is 12.2 Å². The maximum Gasteiger partial charge on any atom is 0.165 e. The molecule has 1 unspecified atom stereocenters. The first-order valence-electron chi connectivity index (χ1n) is 30.6. The molecule has 0 aromatic carbocycles. The topological polar surface area (TPSA) is 21.7 Å². The van der Waals surface area contributed by atoms with Crippen molar-refractivity contribution in [2.45, 2.75) is 340 Å². The van der Waals surface area contributed by atoms with E-state index in [-0.39, 0.29) is 11.5 Å². The third kappa shape index (κ3) is 63.3. The first-order chi connectivity index (χ1) is 32.8. The Labute approximate surface area is 431 Å². The fourth-order valence-electron chi connectivity index (χ4n) is 8.45. The van der Waals surface area contributed by atoms with Crippen LogP contribution < -0.4 is 0 Å². The Bertz CT molecular complexity index is 931. The van der Waals surface area contributed by atoms with Crippen molar-refractivity contribution in [1.29, 1.82) is 0 Å². The molecule has 4 heteroatoms. The molecule has 0 aliphatic rings. The van der Waals surface area contributed by atoms with Gasteiger partial charge in [0.1, 0.15) is 0 Å². The molecule has 0 heterocycles. The minimum absolute atomic E-state index is 0.125. The minimum atomic E-state index is -0.125. The van der Waals surface area contributed by atoms with Crippen molar-refractivity contribution in [2.75, 3.05) is 32.8 Å². The van der Waals surface area contributed by atoms with E-state index >= 15 is 0 Å². The number of rotatable bonds is 49. The van der Waals surface area contributed by atoms with Crippen LogP contribution in [0.3, 0.4) is 0 Å². The lowest BCUT2D eigenvalue weighted by molar-refractivity contribution is 0.0400. The van der Waals surface area contributed by atoms with Gasteiger partial charge >= 0.3 is 0 Å². The fourth-order valence-corrected chi connectivity index (χ4v) is 8.61. The summed E-state index contributed by atoms with van der Waals surface area (Å²) in [4.78, 5) is 2.70. The summed E-state index contributed by atoms with van der Waals surface area (Å²) in [5, 5.41) is 0.757. The molecule has 0 rings (SSSR count). The summed E-state index contributed by atoms with van der Waals surface area (Å²) in [5.41, 5.74) is -0.125. The van der Waals surface area contributed by atoms with Crippen LogP contribution in [-0.4, -0.2) is 48.9 Å². The van der Waals surface area contributed by atoms with Gasteiger partial charge < -0.3 is 14.4 Å². The van der Waals surface area contributed by atoms with Gasteiger partial charge in [-0.05, 0) is 129 Å². The third-order valence-corrected chi connectivity index (χ3v) is 13.5. The van der Waals surface area contributed by atoms with E-state index in [1.807, 2.05) is 27.7 Å². The number of ether oxygens (including phenoxy) is 2. The summed E-state index contributed by atoms with van der Waals surface area (Å²) < 4.78 is 12.2. The predicted molar refractivity (Wildman–Crippen MR) is 314 cm³/mol. The number of allylic oxidation sites excluding steroid dienone is 4. The number of unbranched alkanes of at least 4 members (excludes halogenated alkanes) is 31. The molecule has 0 aromatic rings. The quantitative estimate of drug-likeness (QED) is 0.0344. The molecule has 404 valence electrons. The van der Waals surface area contributed by atoms with Crippen LogP contribution in [0.15, 0.2) is 24.3 Å². The standard InChI is InChI=1S/C43H82O2S.C16H35N.2C2H6/c1-6-8-10-12-14-16-18-20-22-24-26-28-30-32-34-36-38-44-41(3)40-43(4,5)42(46)45-39-37-35-33-31-29-27-25-23-21-19-17-15-13-11-9-7-2;1-4-7-10-11-13-16-17(14-9-6-3)15-12-8-5-2;2*1-2/h20-23,41H,6-19,24-40H2,1-5H3;4-16H2,1-3H3;2*1-2H3/b22-20-,23-21-;;;. The van der Waals surface area contributed by atoms with Crippen LogP contribution in [0, 0.1) is 5.41 Å². The highest BCUT2D eigenvalue weighted by molar-refractivity contribution is 7.80. The Morgan fingerprint density at radius 1 is 0.403 bits per heavy atom. The molecule has 0 radical (unpaired) electrons. The highest BCUT2D eigenvalue weighted by atomic mass is 32.1.